The molecule has 0 fully saturated rings. The van der Waals surface area contributed by atoms with Crippen LogP contribution in [-0.2, 0) is 14.2 Å². The van der Waals surface area contributed by atoms with Crippen LogP contribution in [0, 0.1) is 0 Å². The fourth-order valence-electron chi connectivity index (χ4n) is 1.68. The van der Waals surface area contributed by atoms with Crippen molar-refractivity contribution in [2.45, 2.75) is 18.6 Å². The first kappa shape index (κ1) is 17.7. The van der Waals surface area contributed by atoms with Gasteiger partial charge in [-0.3, -0.25) is 14.2 Å². The molecule has 0 atom stereocenters. The van der Waals surface area contributed by atoms with Gasteiger partial charge in [0.1, 0.15) is 0 Å². The number of hydrogen-bond donors (Lipinski definition) is 0. The molecule has 0 spiro atoms. The molecule has 6 heteroatoms. The third kappa shape index (κ3) is 4.01. The van der Waals surface area contributed by atoms with Crippen molar-refractivity contribution in [2.24, 2.45) is 0 Å². The van der Waals surface area contributed by atoms with Crippen molar-refractivity contribution in [3.8, 4) is 0 Å². The molecule has 94 valence electrons. The molecule has 15 heavy (non-hydrogen) atoms. The summed E-state index contributed by atoms with van der Waals surface area (Å²) in [5.74, 6) is 0. The molecule has 0 rings (SSSR count). The molecule has 0 heterocycles. The van der Waals surface area contributed by atoms with Gasteiger partial charge in [-0.05, 0) is 6.42 Å². The predicted octanol–water partition coefficient (Wildman–Crippen LogP) is -3.21. The van der Waals surface area contributed by atoms with Gasteiger partial charge in [0.05, 0.1) is 20.6 Å². The number of quaternary nitrogens is 1. The van der Waals surface area contributed by atoms with Crippen LogP contribution in [-0.4, -0.2) is 62.8 Å². The van der Waals surface area contributed by atoms with Gasteiger partial charge in [-0.2, -0.15) is 0 Å². The number of methoxy groups -OCH3 is 3. The Kier molecular flexibility index (Phi) is 8.98. The summed E-state index contributed by atoms with van der Waals surface area (Å²) in [6.45, 7) is 0.985. The van der Waals surface area contributed by atoms with Crippen LogP contribution in [0.4, 0.5) is 0 Å². The summed E-state index contributed by atoms with van der Waals surface area (Å²) < 4.78 is 16.6. The Bertz CT molecular complexity index is 157. The first-order chi connectivity index (χ1) is 6.49. The van der Waals surface area contributed by atoms with Crippen LogP contribution >= 0.6 is 0 Å². The van der Waals surface area contributed by atoms with Gasteiger partial charge in [0.15, 0.2) is 0 Å². The fourth-order valence-corrected chi connectivity index (χ4v) is 2.00. The summed E-state index contributed by atoms with van der Waals surface area (Å²) in [4.78, 5) is 0. The Balaban J connectivity index is 0. The number of hydrogen-bond acceptors (Lipinski definition) is 3. The van der Waals surface area contributed by atoms with Crippen molar-refractivity contribution in [3.63, 3.8) is 0 Å². The molecular weight excluding hydrogens is 234 g/mol. The monoisotopic (exact) mass is 257 g/mol. The molecule has 0 saturated carbocycles. The highest BCUT2D eigenvalue weighted by molar-refractivity contribution is 6.08. The molecule has 0 aliphatic carbocycles. The second-order valence-electron chi connectivity index (χ2n) is 3.90. The van der Waals surface area contributed by atoms with Gasteiger partial charge in [0, 0.05) is 31.6 Å². The lowest BCUT2D eigenvalue weighted by molar-refractivity contribution is -1.02. The summed E-state index contributed by atoms with van der Waals surface area (Å²) in [5.41, 5.74) is 0. The fraction of sp³-hybridized carbons (Fsp3) is 1.00. The summed E-state index contributed by atoms with van der Waals surface area (Å²) >= 11 is 0. The van der Waals surface area contributed by atoms with Gasteiger partial charge in [0.2, 0.25) is 0 Å². The zero-order valence-electron chi connectivity index (χ0n) is 10.7. The first-order valence-electron chi connectivity index (χ1n) is 4.98. The van der Waals surface area contributed by atoms with Crippen LogP contribution in [0.3, 0.4) is 0 Å². The van der Waals surface area contributed by atoms with E-state index in [1.165, 1.54) is 22.7 Å². The molecule has 0 unspecified atom stereocenters. The van der Waals surface area contributed by atoms with Gasteiger partial charge in [0.25, 0.3) is 0 Å². The van der Waals surface area contributed by atoms with Gasteiger partial charge in [-0.25, -0.2) is 4.48 Å². The van der Waals surface area contributed by atoms with E-state index in [2.05, 4.69) is 0 Å². The lowest BCUT2D eigenvalue weighted by Crippen LogP contribution is -3.00. The van der Waals surface area contributed by atoms with Crippen LogP contribution < -0.4 is 12.4 Å². The standard InChI is InChI=1S/C9H24NO3Si.ClH/c1-10(2,7-6-8-14)9(11-3,12-4)13-5;/h6-8H2,1-5,14H3;1H/q+1;/p-1. The molecule has 0 bridgehead atoms. The first-order valence-corrected chi connectivity index (χ1v) is 6.39. The van der Waals surface area contributed by atoms with Gasteiger partial charge in [-0.15, -0.1) is 0 Å². The van der Waals surface area contributed by atoms with Crippen molar-refractivity contribution in [1.82, 2.24) is 0 Å². The topological polar surface area (TPSA) is 27.7 Å². The van der Waals surface area contributed by atoms with Gasteiger partial charge in [-0.1, -0.05) is 6.04 Å². The SMILES string of the molecule is COC(OC)(OC)[N+](C)(C)CCC[SiH3].[Cl-]. The minimum atomic E-state index is -0.975. The van der Waals surface area contributed by atoms with Crippen LogP contribution in [0.2, 0.25) is 6.04 Å². The molecule has 0 aromatic heterocycles. The van der Waals surface area contributed by atoms with Crippen molar-refractivity contribution in [1.29, 1.82) is 0 Å². The van der Waals surface area contributed by atoms with E-state index in [4.69, 9.17) is 14.2 Å². The molecule has 0 aromatic rings. The maximum atomic E-state index is 5.34. The lowest BCUT2D eigenvalue weighted by Gasteiger charge is -2.42. The summed E-state index contributed by atoms with van der Waals surface area (Å²) in [6, 6.07) is 1.29. The van der Waals surface area contributed by atoms with Gasteiger partial charge < -0.3 is 12.4 Å². The lowest BCUT2D eigenvalue weighted by atomic mass is 10.4. The molecular formula is C9H24ClNO3Si. The Morgan fingerprint density at radius 1 is 1.07 bits per heavy atom. The minimum Gasteiger partial charge on any atom is -1.00 e. The summed E-state index contributed by atoms with van der Waals surface area (Å²) in [5, 5.41) is 0. The highest BCUT2D eigenvalue weighted by Crippen LogP contribution is 2.24. The molecule has 0 saturated heterocycles. The summed E-state index contributed by atoms with van der Waals surface area (Å²) in [6.07, 6.45) is 0.202. The summed E-state index contributed by atoms with van der Waals surface area (Å²) in [7, 11) is 10.2. The maximum Gasteiger partial charge on any atom is 0.448 e. The third-order valence-electron chi connectivity index (χ3n) is 2.59. The van der Waals surface area contributed by atoms with E-state index in [0.717, 1.165) is 6.54 Å². The molecule has 0 aromatic carbocycles. The average molecular weight is 258 g/mol. The molecule has 0 N–H and O–H groups in total. The van der Waals surface area contributed by atoms with E-state index in [-0.39, 0.29) is 12.4 Å². The number of halogens is 1. The predicted molar refractivity (Wildman–Crippen MR) is 60.1 cm³/mol. The Hall–Kier alpha value is 0.347. The average Bonchev–Trinajstić information content (AvgIpc) is 2.18. The van der Waals surface area contributed by atoms with E-state index in [9.17, 15) is 0 Å². The van der Waals surface area contributed by atoms with E-state index < -0.39 is 6.10 Å². The van der Waals surface area contributed by atoms with E-state index >= 15 is 0 Å². The van der Waals surface area contributed by atoms with E-state index in [1.807, 2.05) is 14.1 Å². The van der Waals surface area contributed by atoms with Crippen molar-refractivity contribution in [3.05, 3.63) is 0 Å². The smallest absolute Gasteiger partial charge is 0.448 e. The van der Waals surface area contributed by atoms with Crippen molar-refractivity contribution >= 4 is 10.2 Å². The number of rotatable bonds is 7. The molecule has 0 aliphatic rings. The third-order valence-corrected chi connectivity index (χ3v) is 3.29. The maximum absolute atomic E-state index is 5.34. The van der Waals surface area contributed by atoms with Crippen molar-refractivity contribution < 1.29 is 31.1 Å². The highest BCUT2D eigenvalue weighted by atomic mass is 35.5. The van der Waals surface area contributed by atoms with Crippen LogP contribution in [0.25, 0.3) is 0 Å². The van der Waals surface area contributed by atoms with Crippen LogP contribution in [0.15, 0.2) is 0 Å². The molecule has 0 amide bonds. The normalized spacial score (nSPS) is 12.6. The van der Waals surface area contributed by atoms with E-state index in [0.29, 0.717) is 4.48 Å². The minimum absolute atomic E-state index is 0. The zero-order chi connectivity index (χ0) is 11.2. The van der Waals surface area contributed by atoms with Gasteiger partial charge >= 0.3 is 6.10 Å². The van der Waals surface area contributed by atoms with Crippen molar-refractivity contribution in [2.75, 3.05) is 42.0 Å². The quantitative estimate of drug-likeness (QED) is 0.273. The molecule has 0 radical (unpaired) electrons. The largest absolute Gasteiger partial charge is 1.00 e. The Morgan fingerprint density at radius 2 is 1.47 bits per heavy atom. The second kappa shape index (κ2) is 7.59. The zero-order valence-corrected chi connectivity index (χ0v) is 13.4. The Labute approximate surface area is 102 Å². The van der Waals surface area contributed by atoms with Crippen LogP contribution in [0.1, 0.15) is 6.42 Å². The number of ether oxygens (including phenoxy) is 3. The molecule has 4 nitrogen and oxygen atoms in total. The highest BCUT2D eigenvalue weighted by Gasteiger charge is 2.48. The number of nitrogens with zero attached hydrogens (tertiary/aromatic N) is 1. The van der Waals surface area contributed by atoms with Crippen LogP contribution in [0.5, 0.6) is 0 Å². The Morgan fingerprint density at radius 3 is 1.73 bits per heavy atom. The molecule has 0 aliphatic heterocycles. The second-order valence-corrected chi connectivity index (χ2v) is 4.90. The van der Waals surface area contributed by atoms with E-state index in [1.54, 1.807) is 21.3 Å².